The van der Waals surface area contributed by atoms with Crippen molar-refractivity contribution < 1.29 is 23.9 Å². The number of H-pyrrole nitrogens is 1. The molecular formula is C18H21ClN2O5S. The number of hydrogen-bond donors (Lipinski definition) is 1. The van der Waals surface area contributed by atoms with E-state index in [1.807, 2.05) is 6.07 Å². The summed E-state index contributed by atoms with van der Waals surface area (Å²) in [5, 5.41) is 0. The summed E-state index contributed by atoms with van der Waals surface area (Å²) in [4.78, 5) is 41.7. The van der Waals surface area contributed by atoms with Gasteiger partial charge < -0.3 is 19.4 Å². The standard InChI is InChI=1S/C18H21ClN2O5S/c1-5-25-17(23)15-10(2)16(20-11(15)3)18(24)26-9-14(22)21(4)8-12-6-7-13(19)27-12/h6-7,20H,5,8-9H2,1-4H3. The quantitative estimate of drug-likeness (QED) is 0.704. The van der Waals surface area contributed by atoms with E-state index >= 15 is 0 Å². The second kappa shape index (κ2) is 9.05. The van der Waals surface area contributed by atoms with Gasteiger partial charge in [0.25, 0.3) is 5.91 Å². The summed E-state index contributed by atoms with van der Waals surface area (Å²) in [6.07, 6.45) is 0. The van der Waals surface area contributed by atoms with Gasteiger partial charge in [-0.25, -0.2) is 9.59 Å². The van der Waals surface area contributed by atoms with Crippen molar-refractivity contribution in [3.63, 3.8) is 0 Å². The van der Waals surface area contributed by atoms with Gasteiger partial charge in [0.05, 0.1) is 23.1 Å². The molecule has 2 rings (SSSR count). The fraction of sp³-hybridized carbons (Fsp3) is 0.389. The molecule has 1 N–H and O–H groups in total. The third-order valence-electron chi connectivity index (χ3n) is 3.90. The van der Waals surface area contributed by atoms with Crippen molar-refractivity contribution in [2.75, 3.05) is 20.3 Å². The number of carbonyl (C=O) groups is 3. The smallest absolute Gasteiger partial charge is 0.355 e. The molecule has 0 unspecified atom stereocenters. The first-order valence-electron chi connectivity index (χ1n) is 8.26. The van der Waals surface area contributed by atoms with Gasteiger partial charge in [-0.05, 0) is 38.5 Å². The number of hydrogen-bond acceptors (Lipinski definition) is 6. The SMILES string of the molecule is CCOC(=O)c1c(C)[nH]c(C(=O)OCC(=O)N(C)Cc2ccc(Cl)s2)c1C. The van der Waals surface area contributed by atoms with E-state index < -0.39 is 18.5 Å². The van der Waals surface area contributed by atoms with Gasteiger partial charge in [-0.2, -0.15) is 0 Å². The highest BCUT2D eigenvalue weighted by atomic mass is 35.5. The third kappa shape index (κ3) is 5.11. The van der Waals surface area contributed by atoms with Gasteiger partial charge in [0.1, 0.15) is 5.69 Å². The summed E-state index contributed by atoms with van der Waals surface area (Å²) >= 11 is 7.26. The zero-order valence-electron chi connectivity index (χ0n) is 15.6. The van der Waals surface area contributed by atoms with Crippen LogP contribution in [0.3, 0.4) is 0 Å². The lowest BCUT2D eigenvalue weighted by Crippen LogP contribution is -2.30. The van der Waals surface area contributed by atoms with Gasteiger partial charge in [-0.15, -0.1) is 11.3 Å². The molecule has 2 aromatic heterocycles. The van der Waals surface area contributed by atoms with E-state index in [9.17, 15) is 14.4 Å². The van der Waals surface area contributed by atoms with Crippen molar-refractivity contribution in [2.45, 2.75) is 27.3 Å². The average Bonchev–Trinajstić information content (AvgIpc) is 3.14. The third-order valence-corrected chi connectivity index (χ3v) is 5.11. The fourth-order valence-corrected chi connectivity index (χ4v) is 3.67. The van der Waals surface area contributed by atoms with Crippen LogP contribution in [-0.4, -0.2) is 48.0 Å². The summed E-state index contributed by atoms with van der Waals surface area (Å²) in [6.45, 7) is 5.21. The van der Waals surface area contributed by atoms with Crippen LogP contribution in [0.25, 0.3) is 0 Å². The molecule has 2 heterocycles. The second-order valence-corrected chi connectivity index (χ2v) is 7.68. The van der Waals surface area contributed by atoms with Crippen molar-refractivity contribution in [1.82, 2.24) is 9.88 Å². The van der Waals surface area contributed by atoms with Crippen molar-refractivity contribution in [3.8, 4) is 0 Å². The molecule has 0 spiro atoms. The summed E-state index contributed by atoms with van der Waals surface area (Å²) in [5.74, 6) is -1.56. The van der Waals surface area contributed by atoms with E-state index in [0.717, 1.165) is 4.88 Å². The van der Waals surface area contributed by atoms with E-state index in [-0.39, 0.29) is 18.2 Å². The Hall–Kier alpha value is -2.32. The van der Waals surface area contributed by atoms with Crippen molar-refractivity contribution in [3.05, 3.63) is 43.9 Å². The average molecular weight is 413 g/mol. The maximum Gasteiger partial charge on any atom is 0.355 e. The number of carbonyl (C=O) groups excluding carboxylic acids is 3. The van der Waals surface area contributed by atoms with Crippen LogP contribution >= 0.6 is 22.9 Å². The predicted molar refractivity (Wildman–Crippen MR) is 102 cm³/mol. The number of halogens is 1. The Labute approximate surface area is 166 Å². The number of ether oxygens (including phenoxy) is 2. The Balaban J connectivity index is 1.98. The summed E-state index contributed by atoms with van der Waals surface area (Å²) in [5.41, 5.74) is 1.39. The number of likely N-dealkylation sites (N-methyl/N-ethyl adjacent to an activating group) is 1. The molecule has 9 heteroatoms. The Morgan fingerprint density at radius 1 is 1.19 bits per heavy atom. The van der Waals surface area contributed by atoms with Crippen LogP contribution in [0.4, 0.5) is 0 Å². The molecule has 0 saturated heterocycles. The maximum absolute atomic E-state index is 12.3. The van der Waals surface area contributed by atoms with Gasteiger partial charge >= 0.3 is 11.9 Å². The minimum Gasteiger partial charge on any atom is -0.462 e. The van der Waals surface area contributed by atoms with Crippen LogP contribution < -0.4 is 0 Å². The zero-order valence-corrected chi connectivity index (χ0v) is 17.1. The van der Waals surface area contributed by atoms with Crippen molar-refractivity contribution in [2.24, 2.45) is 0 Å². The minimum absolute atomic E-state index is 0.135. The van der Waals surface area contributed by atoms with Gasteiger partial charge in [0.2, 0.25) is 0 Å². The normalized spacial score (nSPS) is 10.6. The molecule has 0 atom stereocenters. The van der Waals surface area contributed by atoms with Gasteiger partial charge in [-0.3, -0.25) is 4.79 Å². The molecule has 1 amide bonds. The van der Waals surface area contributed by atoms with Crippen LogP contribution in [0, 0.1) is 13.8 Å². The Morgan fingerprint density at radius 2 is 1.89 bits per heavy atom. The van der Waals surface area contributed by atoms with Crippen LogP contribution in [0.15, 0.2) is 12.1 Å². The molecule has 0 radical (unpaired) electrons. The van der Waals surface area contributed by atoms with Crippen LogP contribution in [-0.2, 0) is 20.8 Å². The van der Waals surface area contributed by atoms with Crippen molar-refractivity contribution in [1.29, 1.82) is 0 Å². The first-order valence-corrected chi connectivity index (χ1v) is 9.45. The number of nitrogens with one attached hydrogen (secondary N) is 1. The zero-order chi connectivity index (χ0) is 20.1. The van der Waals surface area contributed by atoms with Gasteiger partial charge in [0.15, 0.2) is 6.61 Å². The summed E-state index contributed by atoms with van der Waals surface area (Å²) in [6, 6.07) is 3.60. The molecule has 2 aromatic rings. The molecule has 0 aliphatic carbocycles. The molecule has 0 fully saturated rings. The van der Waals surface area contributed by atoms with Gasteiger partial charge in [-0.1, -0.05) is 11.6 Å². The van der Waals surface area contributed by atoms with E-state index in [1.165, 1.54) is 16.2 Å². The topological polar surface area (TPSA) is 88.7 Å². The highest BCUT2D eigenvalue weighted by Crippen LogP contribution is 2.22. The highest BCUT2D eigenvalue weighted by molar-refractivity contribution is 7.16. The molecule has 146 valence electrons. The first-order chi connectivity index (χ1) is 12.7. The maximum atomic E-state index is 12.3. The van der Waals surface area contributed by atoms with Gasteiger partial charge in [0, 0.05) is 17.6 Å². The number of thiophene rings is 1. The summed E-state index contributed by atoms with van der Waals surface area (Å²) < 4.78 is 10.7. The largest absolute Gasteiger partial charge is 0.462 e. The van der Waals surface area contributed by atoms with E-state index in [2.05, 4.69) is 4.98 Å². The van der Waals surface area contributed by atoms with Crippen LogP contribution in [0.1, 0.15) is 43.9 Å². The molecule has 27 heavy (non-hydrogen) atoms. The summed E-state index contributed by atoms with van der Waals surface area (Å²) in [7, 11) is 1.62. The van der Waals surface area contributed by atoms with Crippen LogP contribution in [0.2, 0.25) is 4.34 Å². The lowest BCUT2D eigenvalue weighted by Gasteiger charge is -2.16. The molecule has 0 aliphatic rings. The fourth-order valence-electron chi connectivity index (χ4n) is 2.53. The Bertz CT molecular complexity index is 858. The molecule has 0 aliphatic heterocycles. The molecule has 7 nitrogen and oxygen atoms in total. The van der Waals surface area contributed by atoms with E-state index in [1.54, 1.807) is 33.9 Å². The first kappa shape index (κ1) is 21.0. The number of aromatic nitrogens is 1. The molecule has 0 aromatic carbocycles. The minimum atomic E-state index is -0.702. The number of aryl methyl sites for hydroxylation is 1. The number of rotatable bonds is 7. The lowest BCUT2D eigenvalue weighted by molar-refractivity contribution is -0.133. The van der Waals surface area contributed by atoms with Crippen LogP contribution in [0.5, 0.6) is 0 Å². The second-order valence-electron chi connectivity index (χ2n) is 5.88. The Morgan fingerprint density at radius 3 is 2.48 bits per heavy atom. The predicted octanol–water partition coefficient (Wildman–Crippen LogP) is 3.34. The number of aromatic amines is 1. The lowest BCUT2D eigenvalue weighted by atomic mass is 10.1. The molecule has 0 bridgehead atoms. The van der Waals surface area contributed by atoms with E-state index in [4.69, 9.17) is 21.1 Å². The molecule has 0 saturated carbocycles. The number of esters is 2. The van der Waals surface area contributed by atoms with E-state index in [0.29, 0.717) is 27.7 Å². The Kier molecular flexibility index (Phi) is 7.04. The monoisotopic (exact) mass is 412 g/mol. The molecular weight excluding hydrogens is 392 g/mol. The van der Waals surface area contributed by atoms with Crippen molar-refractivity contribution >= 4 is 40.8 Å². The number of nitrogens with zero attached hydrogens (tertiary/aromatic N) is 1. The number of amides is 1. The highest BCUT2D eigenvalue weighted by Gasteiger charge is 2.24.